The van der Waals surface area contributed by atoms with Crippen LogP contribution in [0.3, 0.4) is 0 Å². The molecule has 1 spiro atoms. The minimum Gasteiger partial charge on any atom is -0.493 e. The van der Waals surface area contributed by atoms with E-state index in [0.29, 0.717) is 47.5 Å². The predicted octanol–water partition coefficient (Wildman–Crippen LogP) is 5.17. The van der Waals surface area contributed by atoms with Gasteiger partial charge in [-0.15, -0.1) is 0 Å². The number of esters is 1. The van der Waals surface area contributed by atoms with Crippen molar-refractivity contribution in [3.05, 3.63) is 29.0 Å². The predicted molar refractivity (Wildman–Crippen MR) is 132 cm³/mol. The summed E-state index contributed by atoms with van der Waals surface area (Å²) in [7, 11) is 4.53. The minimum absolute atomic E-state index is 0.173. The second-order valence-electron chi connectivity index (χ2n) is 10.7. The van der Waals surface area contributed by atoms with Crippen LogP contribution in [0.1, 0.15) is 69.7 Å². The number of carbonyl (C=O) groups is 1. The van der Waals surface area contributed by atoms with Crippen LogP contribution in [0.4, 0.5) is 0 Å². The Morgan fingerprint density at radius 3 is 2.46 bits per heavy atom. The lowest BCUT2D eigenvalue weighted by Gasteiger charge is -2.57. The third-order valence-corrected chi connectivity index (χ3v) is 8.61. The highest BCUT2D eigenvalue weighted by atomic mass is 17.3. The summed E-state index contributed by atoms with van der Waals surface area (Å²) in [4.78, 5) is 24.8. The third-order valence-electron chi connectivity index (χ3n) is 8.61. The Hall–Kier alpha value is -2.49. The van der Waals surface area contributed by atoms with E-state index < -0.39 is 23.6 Å². The van der Waals surface area contributed by atoms with Gasteiger partial charge in [0.15, 0.2) is 17.1 Å². The summed E-state index contributed by atoms with van der Waals surface area (Å²) in [6.07, 6.45) is 4.66. The van der Waals surface area contributed by atoms with E-state index in [-0.39, 0.29) is 12.5 Å². The molecule has 1 aliphatic carbocycles. The molecule has 4 fully saturated rings. The maximum Gasteiger partial charge on any atom is 0.338 e. The Morgan fingerprint density at radius 2 is 1.78 bits per heavy atom. The van der Waals surface area contributed by atoms with E-state index in [0.717, 1.165) is 31.4 Å². The van der Waals surface area contributed by atoms with Crippen molar-refractivity contribution in [1.82, 2.24) is 0 Å². The van der Waals surface area contributed by atoms with E-state index in [1.54, 1.807) is 12.1 Å². The first-order valence-electron chi connectivity index (χ1n) is 13.1. The molecule has 1 unspecified atom stereocenters. The van der Waals surface area contributed by atoms with Gasteiger partial charge in [0.2, 0.25) is 17.8 Å². The van der Waals surface area contributed by atoms with Gasteiger partial charge in [-0.3, -0.25) is 0 Å². The summed E-state index contributed by atoms with van der Waals surface area (Å²) in [5.41, 5.74) is 0.901. The maximum atomic E-state index is 12.7. The topological polar surface area (TPSA) is 90.9 Å². The molecule has 0 aromatic heterocycles. The SMILES string of the molecule is COc1cc(C(=O)OCCCC2=C(C)[C@@H]3CC[C@@H](C)[C@@H]4CC[C@]5(C)OO[C@@]34C(O2)O5)cc(OC)c1OC. The smallest absolute Gasteiger partial charge is 0.338 e. The van der Waals surface area contributed by atoms with E-state index in [9.17, 15) is 4.79 Å². The van der Waals surface area contributed by atoms with E-state index in [1.165, 1.54) is 26.9 Å². The van der Waals surface area contributed by atoms with E-state index in [1.807, 2.05) is 6.92 Å². The summed E-state index contributed by atoms with van der Waals surface area (Å²) in [5, 5.41) is 0. The van der Waals surface area contributed by atoms with Crippen LogP contribution >= 0.6 is 0 Å². The summed E-state index contributed by atoms with van der Waals surface area (Å²) in [5.74, 6) is 1.87. The molecule has 204 valence electrons. The molecule has 37 heavy (non-hydrogen) atoms. The van der Waals surface area contributed by atoms with Crippen LogP contribution in [-0.4, -0.2) is 51.6 Å². The number of allylic oxidation sites excluding steroid dienone is 1. The molecule has 2 bridgehead atoms. The third kappa shape index (κ3) is 4.34. The molecule has 0 N–H and O–H groups in total. The Balaban J connectivity index is 1.26. The second kappa shape index (κ2) is 10.0. The largest absolute Gasteiger partial charge is 0.493 e. The average molecular weight is 519 g/mol. The zero-order valence-corrected chi connectivity index (χ0v) is 22.6. The monoisotopic (exact) mass is 518 g/mol. The lowest BCUT2D eigenvalue weighted by molar-refractivity contribution is -0.556. The number of hydrogen-bond acceptors (Lipinski definition) is 9. The van der Waals surface area contributed by atoms with Crippen LogP contribution in [0.2, 0.25) is 0 Å². The van der Waals surface area contributed by atoms with Crippen molar-refractivity contribution in [1.29, 1.82) is 0 Å². The normalized spacial score (nSPS) is 34.2. The molecule has 6 rings (SSSR count). The molecule has 6 atom stereocenters. The molecule has 4 heterocycles. The van der Waals surface area contributed by atoms with Crippen LogP contribution in [0.15, 0.2) is 23.5 Å². The Kier molecular flexibility index (Phi) is 7.06. The van der Waals surface area contributed by atoms with Crippen LogP contribution in [0.25, 0.3) is 0 Å². The quantitative estimate of drug-likeness (QED) is 0.263. The number of fused-ring (bicyclic) bond motifs is 2. The van der Waals surface area contributed by atoms with Gasteiger partial charge in [0, 0.05) is 24.7 Å². The van der Waals surface area contributed by atoms with E-state index >= 15 is 0 Å². The fourth-order valence-corrected chi connectivity index (χ4v) is 6.61. The van der Waals surface area contributed by atoms with Gasteiger partial charge in [-0.2, -0.15) is 0 Å². The number of hydrogen-bond donors (Lipinski definition) is 0. The van der Waals surface area contributed by atoms with Crippen molar-refractivity contribution in [2.45, 2.75) is 77.0 Å². The molecular weight excluding hydrogens is 480 g/mol. The Morgan fingerprint density at radius 1 is 1.05 bits per heavy atom. The number of methoxy groups -OCH3 is 3. The van der Waals surface area contributed by atoms with Gasteiger partial charge in [0.25, 0.3) is 0 Å². The number of rotatable bonds is 8. The van der Waals surface area contributed by atoms with Crippen LogP contribution in [0.5, 0.6) is 17.2 Å². The highest BCUT2D eigenvalue weighted by Gasteiger charge is 2.68. The molecule has 4 aliphatic heterocycles. The molecule has 9 nitrogen and oxygen atoms in total. The van der Waals surface area contributed by atoms with E-state index in [4.69, 9.17) is 38.2 Å². The van der Waals surface area contributed by atoms with Crippen molar-refractivity contribution in [3.8, 4) is 17.2 Å². The first-order valence-corrected chi connectivity index (χ1v) is 13.1. The van der Waals surface area contributed by atoms with Gasteiger partial charge < -0.3 is 28.4 Å². The van der Waals surface area contributed by atoms with Crippen molar-refractivity contribution in [3.63, 3.8) is 0 Å². The molecule has 5 aliphatic rings. The van der Waals surface area contributed by atoms with Crippen molar-refractivity contribution < 1.29 is 43.0 Å². The molecule has 0 amide bonds. The van der Waals surface area contributed by atoms with Gasteiger partial charge in [-0.25, -0.2) is 14.6 Å². The van der Waals surface area contributed by atoms with Gasteiger partial charge in [0.1, 0.15) is 0 Å². The van der Waals surface area contributed by atoms with Crippen molar-refractivity contribution >= 4 is 5.97 Å². The zero-order valence-electron chi connectivity index (χ0n) is 22.6. The van der Waals surface area contributed by atoms with Crippen LogP contribution in [0, 0.1) is 17.8 Å². The second-order valence-corrected chi connectivity index (χ2v) is 10.7. The molecule has 1 saturated carbocycles. The minimum atomic E-state index is -0.802. The Bertz CT molecular complexity index is 1040. The molecule has 1 aromatic carbocycles. The molecule has 0 radical (unpaired) electrons. The highest BCUT2D eigenvalue weighted by molar-refractivity contribution is 5.91. The first-order chi connectivity index (χ1) is 17.8. The van der Waals surface area contributed by atoms with Crippen LogP contribution < -0.4 is 14.2 Å². The van der Waals surface area contributed by atoms with Gasteiger partial charge >= 0.3 is 5.97 Å². The van der Waals surface area contributed by atoms with Gasteiger partial charge in [-0.05, 0) is 63.2 Å². The lowest BCUT2D eigenvalue weighted by atomic mass is 9.59. The Labute approximate surface area is 218 Å². The number of benzene rings is 1. The van der Waals surface area contributed by atoms with Crippen molar-refractivity contribution in [2.75, 3.05) is 27.9 Å². The first kappa shape index (κ1) is 26.1. The average Bonchev–Trinajstić information content (AvgIpc) is 3.13. The number of ether oxygens (including phenoxy) is 6. The molecule has 9 heteroatoms. The summed E-state index contributed by atoms with van der Waals surface area (Å²) in [6, 6.07) is 3.17. The standard InChI is InChI=1S/C28H38O9/c1-16-9-10-20-17(2)21(34-26-28(20)19(16)11-12-27(3,35-26)36-37-28)8-7-13-33-25(29)18-14-22(30-4)24(32-6)23(15-18)31-5/h14-16,19-20,26H,7-13H2,1-6H3/t16-,19+,20+,26?,27+,28-/m1/s1. The number of carbonyl (C=O) groups excluding carboxylic acids is 1. The van der Waals surface area contributed by atoms with Crippen LogP contribution in [-0.2, 0) is 24.0 Å². The highest BCUT2D eigenvalue weighted by Crippen LogP contribution is 2.60. The fourth-order valence-electron chi connectivity index (χ4n) is 6.61. The van der Waals surface area contributed by atoms with Crippen molar-refractivity contribution in [2.24, 2.45) is 17.8 Å². The zero-order chi connectivity index (χ0) is 26.4. The van der Waals surface area contributed by atoms with Gasteiger partial charge in [0.05, 0.1) is 39.3 Å². The maximum absolute atomic E-state index is 12.7. The molecule has 3 saturated heterocycles. The summed E-state index contributed by atoms with van der Waals surface area (Å²) < 4.78 is 34.5. The molecular formula is C28H38O9. The summed E-state index contributed by atoms with van der Waals surface area (Å²) in [6.45, 7) is 6.59. The lowest BCUT2D eigenvalue weighted by Crippen LogP contribution is -2.66. The van der Waals surface area contributed by atoms with Gasteiger partial charge in [-0.1, -0.05) is 6.92 Å². The fraction of sp³-hybridized carbons (Fsp3) is 0.679. The molecule has 1 aromatic rings. The van der Waals surface area contributed by atoms with E-state index in [2.05, 4.69) is 13.8 Å². The summed E-state index contributed by atoms with van der Waals surface area (Å²) >= 11 is 0.